The van der Waals surface area contributed by atoms with Gasteiger partial charge >= 0.3 is 0 Å². The number of benzene rings is 1. The number of fused-ring (bicyclic) bond motifs is 2. The van der Waals surface area contributed by atoms with Gasteiger partial charge in [-0.15, -0.1) is 0 Å². The lowest BCUT2D eigenvalue weighted by Crippen LogP contribution is -2.59. The van der Waals surface area contributed by atoms with Crippen LogP contribution in [0.2, 0.25) is 0 Å². The number of piperidine rings is 1. The predicted octanol–water partition coefficient (Wildman–Crippen LogP) is 4.66. The maximum Gasteiger partial charge on any atom is 0.101 e. The summed E-state index contributed by atoms with van der Waals surface area (Å²) < 4.78 is 7.95. The second-order valence-electron chi connectivity index (χ2n) is 7.72. The first-order chi connectivity index (χ1) is 11.2. The van der Waals surface area contributed by atoms with Crippen molar-refractivity contribution in [3.05, 3.63) is 33.4 Å². The third-order valence-electron chi connectivity index (χ3n) is 6.15. The number of ether oxygens (including phenoxy) is 1. The molecule has 1 heterocycles. The van der Waals surface area contributed by atoms with Gasteiger partial charge in [0.15, 0.2) is 0 Å². The van der Waals surface area contributed by atoms with Gasteiger partial charge in [0.05, 0.1) is 0 Å². The molecular formula is C20H28INO. The molecule has 2 aliphatic carbocycles. The predicted molar refractivity (Wildman–Crippen MR) is 102 cm³/mol. The number of hydrogen-bond donors (Lipinski definition) is 0. The Balaban J connectivity index is 1.67. The van der Waals surface area contributed by atoms with Crippen molar-refractivity contribution in [1.29, 1.82) is 0 Å². The Bertz CT molecular complexity index is 542. The fraction of sp³-hybridized carbons (Fsp3) is 0.700. The maximum atomic E-state index is 6.62. The SMILES string of the molecule is CCOC1(c2cccc(I)c2)C2CCCC1CN(CC1CC1)C2. The summed E-state index contributed by atoms with van der Waals surface area (Å²) in [6.07, 6.45) is 6.94. The molecule has 0 radical (unpaired) electrons. The Morgan fingerprint density at radius 2 is 1.91 bits per heavy atom. The van der Waals surface area contributed by atoms with Crippen LogP contribution in [-0.4, -0.2) is 31.1 Å². The zero-order valence-corrected chi connectivity index (χ0v) is 16.3. The highest BCUT2D eigenvalue weighted by Crippen LogP contribution is 2.52. The smallest absolute Gasteiger partial charge is 0.101 e. The average Bonchev–Trinajstić information content (AvgIpc) is 3.32. The summed E-state index contributed by atoms with van der Waals surface area (Å²) in [4.78, 5) is 2.76. The van der Waals surface area contributed by atoms with Gasteiger partial charge in [-0.3, -0.25) is 0 Å². The number of nitrogens with zero attached hydrogens (tertiary/aromatic N) is 1. The number of rotatable bonds is 5. The van der Waals surface area contributed by atoms with Crippen LogP contribution in [0.4, 0.5) is 0 Å². The van der Waals surface area contributed by atoms with Crippen LogP contribution in [0, 0.1) is 21.3 Å². The van der Waals surface area contributed by atoms with E-state index in [1.807, 2.05) is 0 Å². The average molecular weight is 425 g/mol. The molecule has 2 atom stereocenters. The fourth-order valence-electron chi connectivity index (χ4n) is 5.10. The van der Waals surface area contributed by atoms with Crippen molar-refractivity contribution < 1.29 is 4.74 Å². The van der Waals surface area contributed by atoms with Crippen molar-refractivity contribution >= 4 is 22.6 Å². The van der Waals surface area contributed by atoms with Crippen LogP contribution in [0.5, 0.6) is 0 Å². The van der Waals surface area contributed by atoms with E-state index in [1.54, 1.807) is 0 Å². The van der Waals surface area contributed by atoms with Crippen molar-refractivity contribution in [3.8, 4) is 0 Å². The molecule has 0 spiro atoms. The Labute approximate surface area is 154 Å². The van der Waals surface area contributed by atoms with Crippen LogP contribution in [0.1, 0.15) is 44.6 Å². The van der Waals surface area contributed by atoms with Gasteiger partial charge in [0.2, 0.25) is 0 Å². The summed E-state index contributed by atoms with van der Waals surface area (Å²) in [7, 11) is 0. The van der Waals surface area contributed by atoms with E-state index in [0.717, 1.165) is 12.5 Å². The molecule has 2 unspecified atom stereocenters. The summed E-state index contributed by atoms with van der Waals surface area (Å²) >= 11 is 2.44. The second-order valence-corrected chi connectivity index (χ2v) is 8.97. The molecule has 4 rings (SSSR count). The first-order valence-electron chi connectivity index (χ1n) is 9.34. The highest BCUT2D eigenvalue weighted by molar-refractivity contribution is 14.1. The van der Waals surface area contributed by atoms with Crippen LogP contribution in [0.3, 0.4) is 0 Å². The van der Waals surface area contributed by atoms with Crippen molar-refractivity contribution in [1.82, 2.24) is 4.90 Å². The minimum atomic E-state index is -0.0335. The Morgan fingerprint density at radius 1 is 1.17 bits per heavy atom. The van der Waals surface area contributed by atoms with E-state index in [2.05, 4.69) is 58.7 Å². The molecule has 3 fully saturated rings. The highest BCUT2D eigenvalue weighted by Gasteiger charge is 2.53. The van der Waals surface area contributed by atoms with Crippen LogP contribution in [0.15, 0.2) is 24.3 Å². The molecule has 2 bridgehead atoms. The van der Waals surface area contributed by atoms with E-state index in [9.17, 15) is 0 Å². The molecule has 0 N–H and O–H groups in total. The normalized spacial score (nSPS) is 34.5. The van der Waals surface area contributed by atoms with Crippen molar-refractivity contribution in [2.45, 2.75) is 44.6 Å². The van der Waals surface area contributed by atoms with Crippen LogP contribution >= 0.6 is 22.6 Å². The highest BCUT2D eigenvalue weighted by atomic mass is 127. The zero-order chi connectivity index (χ0) is 15.9. The molecule has 3 aliphatic rings. The molecule has 2 saturated carbocycles. The molecule has 3 heteroatoms. The lowest BCUT2D eigenvalue weighted by molar-refractivity contribution is -0.183. The Morgan fingerprint density at radius 3 is 2.52 bits per heavy atom. The van der Waals surface area contributed by atoms with Gasteiger partial charge in [-0.05, 0) is 78.8 Å². The molecule has 2 nitrogen and oxygen atoms in total. The molecule has 1 aliphatic heterocycles. The van der Waals surface area contributed by atoms with E-state index in [1.165, 1.54) is 60.9 Å². The van der Waals surface area contributed by atoms with Crippen LogP contribution < -0.4 is 0 Å². The zero-order valence-electron chi connectivity index (χ0n) is 14.1. The summed E-state index contributed by atoms with van der Waals surface area (Å²) in [6, 6.07) is 9.10. The summed E-state index contributed by atoms with van der Waals surface area (Å²) in [5.41, 5.74) is 1.40. The van der Waals surface area contributed by atoms with Gasteiger partial charge in [-0.2, -0.15) is 0 Å². The van der Waals surface area contributed by atoms with E-state index >= 15 is 0 Å². The summed E-state index contributed by atoms with van der Waals surface area (Å²) in [6.45, 7) is 6.79. The third kappa shape index (κ3) is 3.09. The lowest BCUT2D eigenvalue weighted by atomic mass is 9.62. The molecule has 1 aromatic rings. The Kier molecular flexibility index (Phi) is 4.72. The van der Waals surface area contributed by atoms with Gasteiger partial charge in [0, 0.05) is 41.6 Å². The van der Waals surface area contributed by atoms with E-state index in [-0.39, 0.29) is 5.60 Å². The topological polar surface area (TPSA) is 12.5 Å². The first-order valence-corrected chi connectivity index (χ1v) is 10.4. The minimum Gasteiger partial charge on any atom is -0.370 e. The molecule has 23 heavy (non-hydrogen) atoms. The first kappa shape index (κ1) is 16.3. The molecule has 0 aromatic heterocycles. The second kappa shape index (κ2) is 6.64. The van der Waals surface area contributed by atoms with Gasteiger partial charge in [0.25, 0.3) is 0 Å². The summed E-state index contributed by atoms with van der Waals surface area (Å²) in [5.74, 6) is 2.31. The summed E-state index contributed by atoms with van der Waals surface area (Å²) in [5, 5.41) is 0. The van der Waals surface area contributed by atoms with Gasteiger partial charge in [0.1, 0.15) is 5.60 Å². The fourth-order valence-corrected chi connectivity index (χ4v) is 5.64. The quantitative estimate of drug-likeness (QED) is 0.636. The van der Waals surface area contributed by atoms with Gasteiger partial charge in [-0.25, -0.2) is 0 Å². The van der Waals surface area contributed by atoms with E-state index < -0.39 is 0 Å². The van der Waals surface area contributed by atoms with Crippen molar-refractivity contribution in [2.75, 3.05) is 26.2 Å². The maximum absolute atomic E-state index is 6.62. The minimum absolute atomic E-state index is 0.0335. The van der Waals surface area contributed by atoms with Crippen LogP contribution in [0.25, 0.3) is 0 Å². The number of likely N-dealkylation sites (tertiary alicyclic amines) is 1. The molecule has 1 aromatic carbocycles. The number of halogens is 1. The molecule has 1 saturated heterocycles. The molecule has 0 amide bonds. The van der Waals surface area contributed by atoms with Gasteiger partial charge in [-0.1, -0.05) is 18.6 Å². The molecule has 126 valence electrons. The van der Waals surface area contributed by atoms with Crippen molar-refractivity contribution in [2.24, 2.45) is 17.8 Å². The van der Waals surface area contributed by atoms with Gasteiger partial charge < -0.3 is 9.64 Å². The standard InChI is InChI=1S/C20H28INO/c1-2-23-20(16-5-4-8-19(21)11-16)17-6-3-7-18(20)14-22(13-17)12-15-9-10-15/h4-5,8,11,15,17-18H,2-3,6-7,9-10,12-14H2,1H3. The van der Waals surface area contributed by atoms with Crippen LogP contribution in [-0.2, 0) is 10.3 Å². The monoisotopic (exact) mass is 425 g/mol. The largest absolute Gasteiger partial charge is 0.370 e. The van der Waals surface area contributed by atoms with E-state index in [4.69, 9.17) is 4.74 Å². The lowest BCUT2D eigenvalue weighted by Gasteiger charge is -2.56. The molecular weight excluding hydrogens is 397 g/mol. The Hall–Kier alpha value is -0.130. The third-order valence-corrected chi connectivity index (χ3v) is 6.82. The van der Waals surface area contributed by atoms with E-state index in [0.29, 0.717) is 11.8 Å². The number of hydrogen-bond acceptors (Lipinski definition) is 2. The van der Waals surface area contributed by atoms with Crippen molar-refractivity contribution in [3.63, 3.8) is 0 Å².